The third-order valence-electron chi connectivity index (χ3n) is 5.10. The maximum atomic E-state index is 11.2. The van der Waals surface area contributed by atoms with Crippen molar-refractivity contribution in [1.29, 1.82) is 0 Å². The lowest BCUT2D eigenvalue weighted by molar-refractivity contribution is 0.221. The summed E-state index contributed by atoms with van der Waals surface area (Å²) in [5, 5.41) is 15.1. The Balaban J connectivity index is 1.68. The summed E-state index contributed by atoms with van der Waals surface area (Å²) in [7, 11) is 0. The Morgan fingerprint density at radius 2 is 1.97 bits per heavy atom. The minimum absolute atomic E-state index is 0.646. The van der Waals surface area contributed by atoms with Gasteiger partial charge < -0.3 is 10.1 Å². The standard InChI is InChI=1S/C23H18ClN3OS2/c1-2-15-12-26-22(27-15)21-18(20(28)13-3-5-14(24)6-4-13)11-19(30-21)16-7-9-25-23-17(16)8-10-29-23/h3-12,20,28H,2H2,1H3,(H,26,27). The van der Waals surface area contributed by atoms with Gasteiger partial charge in [0, 0.05) is 44.5 Å². The van der Waals surface area contributed by atoms with Gasteiger partial charge in [-0.2, -0.15) is 0 Å². The Bertz CT molecular complexity index is 1320. The predicted octanol–water partition coefficient (Wildman–Crippen LogP) is 6.71. The number of nitrogens with zero attached hydrogens (tertiary/aromatic N) is 2. The zero-order valence-electron chi connectivity index (χ0n) is 16.1. The quantitative estimate of drug-likeness (QED) is 0.312. The highest BCUT2D eigenvalue weighted by atomic mass is 35.5. The molecule has 1 atom stereocenters. The molecule has 0 bridgehead atoms. The van der Waals surface area contributed by atoms with E-state index in [0.29, 0.717) is 5.02 Å². The SMILES string of the molecule is CCc1cnc(-c2sc(-c3ccnc4sccc34)cc2C(O)c2ccc(Cl)cc2)[nH]1. The second-order valence-corrected chi connectivity index (χ2v) is 9.34. The van der Waals surface area contributed by atoms with E-state index in [9.17, 15) is 5.11 Å². The Labute approximate surface area is 186 Å². The Kier molecular flexibility index (Phi) is 5.16. The van der Waals surface area contributed by atoms with E-state index in [2.05, 4.69) is 39.4 Å². The fourth-order valence-electron chi connectivity index (χ4n) is 3.50. The molecule has 0 aliphatic carbocycles. The van der Waals surface area contributed by atoms with Gasteiger partial charge in [-0.3, -0.25) is 0 Å². The Morgan fingerprint density at radius 1 is 1.13 bits per heavy atom. The number of aliphatic hydroxyl groups is 1. The van der Waals surface area contributed by atoms with E-state index in [1.165, 1.54) is 0 Å². The van der Waals surface area contributed by atoms with Gasteiger partial charge in [0.15, 0.2) is 0 Å². The van der Waals surface area contributed by atoms with Gasteiger partial charge in [-0.25, -0.2) is 9.97 Å². The van der Waals surface area contributed by atoms with Crippen LogP contribution in [-0.4, -0.2) is 20.1 Å². The number of H-pyrrole nitrogens is 1. The largest absolute Gasteiger partial charge is 0.384 e. The molecule has 0 saturated carbocycles. The van der Waals surface area contributed by atoms with Crippen LogP contribution in [0.3, 0.4) is 0 Å². The molecule has 4 aromatic heterocycles. The number of pyridine rings is 1. The first-order valence-electron chi connectivity index (χ1n) is 9.58. The van der Waals surface area contributed by atoms with Gasteiger partial charge in [0.25, 0.3) is 0 Å². The van der Waals surface area contributed by atoms with Crippen molar-refractivity contribution in [2.24, 2.45) is 0 Å². The molecule has 2 N–H and O–H groups in total. The summed E-state index contributed by atoms with van der Waals surface area (Å²) in [6.07, 6.45) is 3.79. The molecule has 5 aromatic rings. The molecule has 0 amide bonds. The van der Waals surface area contributed by atoms with Crippen LogP contribution in [0, 0.1) is 0 Å². The van der Waals surface area contributed by atoms with E-state index in [0.717, 1.165) is 54.6 Å². The summed E-state index contributed by atoms with van der Waals surface area (Å²) in [5.41, 5.74) is 3.80. The summed E-state index contributed by atoms with van der Waals surface area (Å²) in [6, 6.07) is 13.5. The van der Waals surface area contributed by atoms with Crippen molar-refractivity contribution in [2.45, 2.75) is 19.4 Å². The van der Waals surface area contributed by atoms with Crippen LogP contribution in [-0.2, 0) is 6.42 Å². The highest BCUT2D eigenvalue weighted by molar-refractivity contribution is 7.19. The average Bonchev–Trinajstić information content (AvgIpc) is 3.52. The zero-order valence-corrected chi connectivity index (χ0v) is 18.5. The van der Waals surface area contributed by atoms with Crippen LogP contribution in [0.4, 0.5) is 0 Å². The smallest absolute Gasteiger partial charge is 0.148 e. The van der Waals surface area contributed by atoms with Gasteiger partial charge in [0.2, 0.25) is 0 Å². The molecule has 5 rings (SSSR count). The van der Waals surface area contributed by atoms with E-state index in [-0.39, 0.29) is 0 Å². The van der Waals surface area contributed by atoms with Crippen molar-refractivity contribution in [3.8, 4) is 21.1 Å². The molecule has 0 saturated heterocycles. The molecule has 4 nitrogen and oxygen atoms in total. The lowest BCUT2D eigenvalue weighted by atomic mass is 10.0. The molecule has 1 unspecified atom stereocenters. The maximum Gasteiger partial charge on any atom is 0.148 e. The second kappa shape index (κ2) is 7.96. The molecule has 150 valence electrons. The van der Waals surface area contributed by atoms with Gasteiger partial charge in [0.1, 0.15) is 16.8 Å². The third-order valence-corrected chi connectivity index (χ3v) is 7.36. The van der Waals surface area contributed by atoms with Crippen LogP contribution in [0.1, 0.15) is 29.8 Å². The van der Waals surface area contributed by atoms with Crippen molar-refractivity contribution in [2.75, 3.05) is 0 Å². The third kappa shape index (κ3) is 3.46. The second-order valence-electron chi connectivity index (χ2n) is 6.96. The first-order valence-corrected chi connectivity index (χ1v) is 11.7. The maximum absolute atomic E-state index is 11.2. The summed E-state index contributed by atoms with van der Waals surface area (Å²) < 4.78 is 0. The van der Waals surface area contributed by atoms with Crippen LogP contribution < -0.4 is 0 Å². The number of thiophene rings is 2. The van der Waals surface area contributed by atoms with Crippen LogP contribution in [0.15, 0.2) is 60.2 Å². The highest BCUT2D eigenvalue weighted by Gasteiger charge is 2.22. The number of benzene rings is 1. The number of rotatable bonds is 5. The van der Waals surface area contributed by atoms with Gasteiger partial charge in [-0.05, 0) is 47.7 Å². The van der Waals surface area contributed by atoms with Crippen LogP contribution >= 0.6 is 34.3 Å². The molecule has 0 radical (unpaired) electrons. The van der Waals surface area contributed by atoms with Gasteiger partial charge in [0.05, 0.1) is 4.88 Å². The number of hydrogen-bond donors (Lipinski definition) is 2. The first-order chi connectivity index (χ1) is 14.6. The van der Waals surface area contributed by atoms with Crippen molar-refractivity contribution in [1.82, 2.24) is 15.0 Å². The number of hydrogen-bond acceptors (Lipinski definition) is 5. The number of imidazole rings is 1. The lowest BCUT2D eigenvalue weighted by Crippen LogP contribution is -2.00. The van der Waals surface area contributed by atoms with Crippen molar-refractivity contribution >= 4 is 44.5 Å². The summed E-state index contributed by atoms with van der Waals surface area (Å²) in [6.45, 7) is 2.09. The number of aliphatic hydroxyl groups excluding tert-OH is 1. The molecular formula is C23H18ClN3OS2. The van der Waals surface area contributed by atoms with Crippen molar-refractivity contribution in [3.05, 3.63) is 82.1 Å². The molecule has 7 heteroatoms. The monoisotopic (exact) mass is 451 g/mol. The fraction of sp³-hybridized carbons (Fsp3) is 0.130. The average molecular weight is 452 g/mol. The van der Waals surface area contributed by atoms with E-state index >= 15 is 0 Å². The van der Waals surface area contributed by atoms with E-state index in [1.54, 1.807) is 34.8 Å². The molecule has 0 fully saturated rings. The predicted molar refractivity (Wildman–Crippen MR) is 125 cm³/mol. The number of nitrogens with one attached hydrogen (secondary N) is 1. The molecule has 0 aliphatic rings. The zero-order chi connectivity index (χ0) is 20.7. The van der Waals surface area contributed by atoms with Crippen LogP contribution in [0.5, 0.6) is 0 Å². The van der Waals surface area contributed by atoms with Crippen molar-refractivity contribution < 1.29 is 5.11 Å². The molecule has 1 aromatic carbocycles. The minimum Gasteiger partial charge on any atom is -0.384 e. The number of aromatic nitrogens is 3. The lowest BCUT2D eigenvalue weighted by Gasteiger charge is -2.11. The number of aryl methyl sites for hydroxylation is 1. The number of aromatic amines is 1. The molecule has 0 spiro atoms. The van der Waals surface area contributed by atoms with E-state index < -0.39 is 6.10 Å². The minimum atomic E-state index is -0.780. The topological polar surface area (TPSA) is 61.8 Å². The number of halogens is 1. The van der Waals surface area contributed by atoms with Crippen LogP contribution in [0.25, 0.3) is 31.4 Å². The van der Waals surface area contributed by atoms with Gasteiger partial charge >= 0.3 is 0 Å². The van der Waals surface area contributed by atoms with E-state index in [1.807, 2.05) is 30.6 Å². The summed E-state index contributed by atoms with van der Waals surface area (Å²) in [5.74, 6) is 0.779. The first kappa shape index (κ1) is 19.5. The Hall–Kier alpha value is -2.51. The summed E-state index contributed by atoms with van der Waals surface area (Å²) >= 11 is 9.30. The molecule has 4 heterocycles. The number of fused-ring (bicyclic) bond motifs is 1. The summed E-state index contributed by atoms with van der Waals surface area (Å²) in [4.78, 5) is 15.5. The Morgan fingerprint density at radius 3 is 2.73 bits per heavy atom. The van der Waals surface area contributed by atoms with Gasteiger partial charge in [-0.15, -0.1) is 22.7 Å². The van der Waals surface area contributed by atoms with E-state index in [4.69, 9.17) is 11.6 Å². The van der Waals surface area contributed by atoms with Crippen molar-refractivity contribution in [3.63, 3.8) is 0 Å². The normalized spacial score (nSPS) is 12.5. The molecule has 0 aliphatic heterocycles. The van der Waals surface area contributed by atoms with Crippen LogP contribution in [0.2, 0.25) is 5.02 Å². The fourth-order valence-corrected chi connectivity index (χ4v) is 5.56. The van der Waals surface area contributed by atoms with Gasteiger partial charge in [-0.1, -0.05) is 30.7 Å². The molecule has 30 heavy (non-hydrogen) atoms. The molecular weight excluding hydrogens is 434 g/mol. The highest BCUT2D eigenvalue weighted by Crippen LogP contribution is 2.43.